The third-order valence-corrected chi connectivity index (χ3v) is 5.27. The molecule has 0 amide bonds. The van der Waals surface area contributed by atoms with Gasteiger partial charge in [0, 0.05) is 29.4 Å². The van der Waals surface area contributed by atoms with Crippen molar-refractivity contribution in [1.82, 2.24) is 0 Å². The summed E-state index contributed by atoms with van der Waals surface area (Å²) in [6.07, 6.45) is 0. The van der Waals surface area contributed by atoms with E-state index in [2.05, 4.69) is 26.9 Å². The summed E-state index contributed by atoms with van der Waals surface area (Å²) in [6.45, 7) is 1.61. The lowest BCUT2D eigenvalue weighted by atomic mass is 10.2. The molecule has 2 N–H and O–H groups in total. The van der Waals surface area contributed by atoms with Crippen LogP contribution in [0.1, 0.15) is 5.56 Å². The van der Waals surface area contributed by atoms with Crippen molar-refractivity contribution in [3.63, 3.8) is 0 Å². The van der Waals surface area contributed by atoms with Crippen LogP contribution in [0.3, 0.4) is 0 Å². The van der Waals surface area contributed by atoms with Crippen LogP contribution >= 0.6 is 27.7 Å². The minimum atomic E-state index is -0.221. The molecule has 2 aromatic carbocycles. The van der Waals surface area contributed by atoms with E-state index in [1.54, 1.807) is 6.07 Å². The summed E-state index contributed by atoms with van der Waals surface area (Å²) in [5, 5.41) is 0. The van der Waals surface area contributed by atoms with Crippen LogP contribution in [0.2, 0.25) is 0 Å². The highest BCUT2D eigenvalue weighted by molar-refractivity contribution is 9.10. The second kappa shape index (κ2) is 5.66. The molecule has 0 fully saturated rings. The second-order valence-electron chi connectivity index (χ2n) is 4.71. The fourth-order valence-electron chi connectivity index (χ4n) is 2.33. The maximum absolute atomic E-state index is 13.6. The fraction of sp³-hybridized carbons (Fsp3) is 0.200. The van der Waals surface area contributed by atoms with E-state index in [4.69, 9.17) is 5.73 Å². The minimum absolute atomic E-state index is 0.221. The van der Waals surface area contributed by atoms with Gasteiger partial charge in [-0.25, -0.2) is 4.39 Å². The first-order chi connectivity index (χ1) is 9.65. The average molecular weight is 353 g/mol. The van der Waals surface area contributed by atoms with E-state index in [0.717, 1.165) is 29.2 Å². The number of hydrogen-bond acceptors (Lipinski definition) is 3. The summed E-state index contributed by atoms with van der Waals surface area (Å²) in [6, 6.07) is 11.1. The summed E-state index contributed by atoms with van der Waals surface area (Å²) in [5.41, 5.74) is 8.73. The summed E-state index contributed by atoms with van der Waals surface area (Å²) in [5.74, 6) is 0.811. The number of nitrogens with zero attached hydrogens (tertiary/aromatic N) is 1. The number of halogens is 2. The molecule has 2 nitrogen and oxygen atoms in total. The number of nitrogens with two attached hydrogens (primary N) is 1. The van der Waals surface area contributed by atoms with Crippen LogP contribution in [0, 0.1) is 5.82 Å². The molecule has 0 unspecified atom stereocenters. The first-order valence-corrected chi connectivity index (χ1v) is 8.13. The summed E-state index contributed by atoms with van der Waals surface area (Å²) < 4.78 is 14.1. The molecule has 0 saturated heterocycles. The lowest BCUT2D eigenvalue weighted by Gasteiger charge is -2.31. The second-order valence-corrected chi connectivity index (χ2v) is 6.64. The zero-order chi connectivity index (χ0) is 14.1. The Kier molecular flexibility index (Phi) is 3.89. The molecule has 0 aromatic heterocycles. The fourth-order valence-corrected chi connectivity index (χ4v) is 3.75. The number of nitrogen functional groups attached to an aromatic ring is 1. The molecule has 0 aliphatic carbocycles. The van der Waals surface area contributed by atoms with Crippen molar-refractivity contribution in [2.45, 2.75) is 11.4 Å². The lowest BCUT2D eigenvalue weighted by molar-refractivity contribution is 0.617. The number of hydrogen-bond donors (Lipinski definition) is 1. The smallest absolute Gasteiger partial charge is 0.137 e. The van der Waals surface area contributed by atoms with E-state index in [0.29, 0.717) is 11.0 Å². The lowest BCUT2D eigenvalue weighted by Crippen LogP contribution is -2.28. The van der Waals surface area contributed by atoms with Crippen LogP contribution < -0.4 is 10.6 Å². The van der Waals surface area contributed by atoms with Gasteiger partial charge in [0.05, 0.1) is 10.2 Å². The minimum Gasteiger partial charge on any atom is -0.399 e. The largest absolute Gasteiger partial charge is 0.399 e. The van der Waals surface area contributed by atoms with Crippen LogP contribution in [0.4, 0.5) is 15.8 Å². The van der Waals surface area contributed by atoms with E-state index in [9.17, 15) is 4.39 Å². The normalized spacial score (nSPS) is 14.2. The van der Waals surface area contributed by atoms with Gasteiger partial charge in [-0.1, -0.05) is 12.1 Å². The molecular weight excluding hydrogens is 339 g/mol. The Morgan fingerprint density at radius 1 is 1.30 bits per heavy atom. The highest BCUT2D eigenvalue weighted by Gasteiger charge is 2.19. The standard InChI is InChI=1S/C15H14BrFN2S/c16-15-10(2-1-3-12(15)17)9-19-6-7-20-14-5-4-11(18)8-13(14)19/h1-5,8H,6-7,9,18H2. The Hall–Kier alpha value is -1.20. The van der Waals surface area contributed by atoms with E-state index in [-0.39, 0.29) is 5.82 Å². The van der Waals surface area contributed by atoms with Gasteiger partial charge in [-0.3, -0.25) is 0 Å². The Labute approximate surface area is 130 Å². The monoisotopic (exact) mass is 352 g/mol. The summed E-state index contributed by atoms with van der Waals surface area (Å²) >= 11 is 5.17. The van der Waals surface area contributed by atoms with Gasteiger partial charge in [-0.2, -0.15) is 0 Å². The molecule has 0 saturated carbocycles. The zero-order valence-corrected chi connectivity index (χ0v) is 13.2. The third-order valence-electron chi connectivity index (χ3n) is 3.34. The first kappa shape index (κ1) is 13.8. The molecular formula is C15H14BrFN2S. The molecule has 1 aliphatic rings. The number of thioether (sulfide) groups is 1. The van der Waals surface area contributed by atoms with Gasteiger partial charge in [0.1, 0.15) is 5.82 Å². The molecule has 0 spiro atoms. The average Bonchev–Trinajstić information content (AvgIpc) is 2.44. The van der Waals surface area contributed by atoms with E-state index in [1.807, 2.05) is 30.0 Å². The molecule has 5 heteroatoms. The topological polar surface area (TPSA) is 29.3 Å². The Morgan fingerprint density at radius 3 is 3.00 bits per heavy atom. The van der Waals surface area contributed by atoms with Gasteiger partial charge in [-0.15, -0.1) is 11.8 Å². The van der Waals surface area contributed by atoms with Gasteiger partial charge < -0.3 is 10.6 Å². The molecule has 0 atom stereocenters. The third kappa shape index (κ3) is 2.65. The van der Waals surface area contributed by atoms with Gasteiger partial charge >= 0.3 is 0 Å². The van der Waals surface area contributed by atoms with Crippen molar-refractivity contribution < 1.29 is 4.39 Å². The van der Waals surface area contributed by atoms with Gasteiger partial charge in [-0.05, 0) is 45.8 Å². The van der Waals surface area contributed by atoms with Crippen LogP contribution in [0.5, 0.6) is 0 Å². The van der Waals surface area contributed by atoms with Crippen molar-refractivity contribution in [2.24, 2.45) is 0 Å². The maximum atomic E-state index is 13.6. The number of rotatable bonds is 2. The molecule has 104 valence electrons. The SMILES string of the molecule is Nc1ccc2c(c1)N(Cc1cccc(F)c1Br)CCS2. The molecule has 3 rings (SSSR count). The number of fused-ring (bicyclic) bond motifs is 1. The van der Waals surface area contributed by atoms with E-state index in [1.165, 1.54) is 11.0 Å². The van der Waals surface area contributed by atoms with Crippen molar-refractivity contribution in [3.05, 3.63) is 52.3 Å². The Bertz CT molecular complexity index is 648. The van der Waals surface area contributed by atoms with Crippen molar-refractivity contribution >= 4 is 39.1 Å². The molecule has 2 aromatic rings. The van der Waals surface area contributed by atoms with Crippen LogP contribution in [-0.4, -0.2) is 12.3 Å². The quantitative estimate of drug-likeness (QED) is 0.817. The van der Waals surface area contributed by atoms with Gasteiger partial charge in [0.2, 0.25) is 0 Å². The van der Waals surface area contributed by atoms with Crippen molar-refractivity contribution in [3.8, 4) is 0 Å². The number of benzene rings is 2. The number of anilines is 2. The molecule has 0 radical (unpaired) electrons. The molecule has 1 aliphatic heterocycles. The highest BCUT2D eigenvalue weighted by atomic mass is 79.9. The Balaban J connectivity index is 1.93. The molecule has 1 heterocycles. The summed E-state index contributed by atoms with van der Waals surface area (Å²) in [7, 11) is 0. The summed E-state index contributed by atoms with van der Waals surface area (Å²) in [4.78, 5) is 3.49. The zero-order valence-electron chi connectivity index (χ0n) is 10.8. The van der Waals surface area contributed by atoms with Crippen molar-refractivity contribution in [1.29, 1.82) is 0 Å². The van der Waals surface area contributed by atoms with Gasteiger partial charge in [0.15, 0.2) is 0 Å². The Morgan fingerprint density at radius 2 is 2.15 bits per heavy atom. The predicted molar refractivity (Wildman–Crippen MR) is 86.7 cm³/mol. The van der Waals surface area contributed by atoms with Crippen LogP contribution in [-0.2, 0) is 6.54 Å². The van der Waals surface area contributed by atoms with Gasteiger partial charge in [0.25, 0.3) is 0 Å². The van der Waals surface area contributed by atoms with Crippen LogP contribution in [0.25, 0.3) is 0 Å². The maximum Gasteiger partial charge on any atom is 0.137 e. The van der Waals surface area contributed by atoms with E-state index >= 15 is 0 Å². The molecule has 0 bridgehead atoms. The predicted octanol–water partition coefficient (Wildman–Crippen LogP) is 4.28. The van der Waals surface area contributed by atoms with Crippen molar-refractivity contribution in [2.75, 3.05) is 22.9 Å². The first-order valence-electron chi connectivity index (χ1n) is 6.35. The molecule has 20 heavy (non-hydrogen) atoms. The van der Waals surface area contributed by atoms with Crippen LogP contribution in [0.15, 0.2) is 45.8 Å². The van der Waals surface area contributed by atoms with E-state index < -0.39 is 0 Å². The highest BCUT2D eigenvalue weighted by Crippen LogP contribution is 2.37.